The molecule has 1 aromatic rings. The van der Waals surface area contributed by atoms with Crippen LogP contribution in [0.4, 0.5) is 0 Å². The molecular weight excluding hydrogens is 254 g/mol. The third-order valence-corrected chi connectivity index (χ3v) is 3.48. The van der Waals surface area contributed by atoms with Gasteiger partial charge in [0.25, 0.3) is 0 Å². The fourth-order valence-electron chi connectivity index (χ4n) is 2.15. The van der Waals surface area contributed by atoms with Gasteiger partial charge in [-0.3, -0.25) is 0 Å². The van der Waals surface area contributed by atoms with Gasteiger partial charge in [0.15, 0.2) is 0 Å². The van der Waals surface area contributed by atoms with Crippen LogP contribution >= 0.6 is 11.6 Å². The lowest BCUT2D eigenvalue weighted by Gasteiger charge is -2.32. The molecule has 0 spiro atoms. The maximum Gasteiger partial charge on any atom is 0.319 e. The summed E-state index contributed by atoms with van der Waals surface area (Å²) in [4.78, 5) is 7.96. The maximum atomic E-state index is 6.28. The molecule has 1 aliphatic carbocycles. The maximum absolute atomic E-state index is 6.28. The van der Waals surface area contributed by atoms with Crippen molar-refractivity contribution >= 4 is 11.6 Å². The highest BCUT2D eigenvalue weighted by molar-refractivity contribution is 6.31. The van der Waals surface area contributed by atoms with Crippen LogP contribution in [-0.2, 0) is 0 Å². The lowest BCUT2D eigenvalue weighted by Crippen LogP contribution is -2.47. The largest absolute Gasteiger partial charge is 0.474 e. The van der Waals surface area contributed by atoms with E-state index in [0.717, 1.165) is 25.7 Å². The molecule has 0 aliphatic heterocycles. The molecular formula is C12H18ClN3O2. The van der Waals surface area contributed by atoms with Crippen LogP contribution < -0.4 is 15.2 Å². The van der Waals surface area contributed by atoms with Crippen molar-refractivity contribution in [3.63, 3.8) is 0 Å². The first-order chi connectivity index (χ1) is 8.63. The van der Waals surface area contributed by atoms with Gasteiger partial charge in [-0.05, 0) is 12.8 Å². The Balaban J connectivity index is 2.00. The zero-order chi connectivity index (χ0) is 13.0. The summed E-state index contributed by atoms with van der Waals surface area (Å²) >= 11 is 5.97. The molecule has 0 unspecified atom stereocenters. The highest BCUT2D eigenvalue weighted by Crippen LogP contribution is 2.28. The number of halogens is 1. The minimum Gasteiger partial charge on any atom is -0.474 e. The van der Waals surface area contributed by atoms with Crippen LogP contribution in [0.3, 0.4) is 0 Å². The Bertz CT molecular complexity index is 408. The molecule has 1 saturated carbocycles. The molecule has 2 rings (SSSR count). The van der Waals surface area contributed by atoms with Crippen molar-refractivity contribution in [2.75, 3.05) is 13.7 Å². The third kappa shape index (κ3) is 3.23. The van der Waals surface area contributed by atoms with E-state index in [-0.39, 0.29) is 11.5 Å². The summed E-state index contributed by atoms with van der Waals surface area (Å²) < 4.78 is 10.6. The van der Waals surface area contributed by atoms with Crippen molar-refractivity contribution in [2.24, 2.45) is 5.73 Å². The SMILES string of the molecule is COc1ncc(Cl)c(OCC2(N)CCCCC2)n1. The molecule has 0 aromatic carbocycles. The van der Waals surface area contributed by atoms with Crippen molar-refractivity contribution in [2.45, 2.75) is 37.6 Å². The summed E-state index contributed by atoms with van der Waals surface area (Å²) in [6, 6.07) is 0.240. The van der Waals surface area contributed by atoms with E-state index < -0.39 is 0 Å². The number of nitrogens with zero attached hydrogens (tertiary/aromatic N) is 2. The van der Waals surface area contributed by atoms with Gasteiger partial charge in [0.1, 0.15) is 11.6 Å². The average Bonchev–Trinajstić information content (AvgIpc) is 2.39. The van der Waals surface area contributed by atoms with Gasteiger partial charge >= 0.3 is 6.01 Å². The molecule has 1 fully saturated rings. The first-order valence-corrected chi connectivity index (χ1v) is 6.49. The van der Waals surface area contributed by atoms with E-state index in [9.17, 15) is 0 Å². The van der Waals surface area contributed by atoms with Gasteiger partial charge in [-0.25, -0.2) is 4.98 Å². The summed E-state index contributed by atoms with van der Waals surface area (Å²) in [5.74, 6) is 0.332. The number of methoxy groups -OCH3 is 1. The van der Waals surface area contributed by atoms with Gasteiger partial charge in [-0.1, -0.05) is 30.9 Å². The van der Waals surface area contributed by atoms with Gasteiger partial charge in [0, 0.05) is 0 Å². The Kier molecular flexibility index (Phi) is 4.24. The quantitative estimate of drug-likeness (QED) is 0.909. The van der Waals surface area contributed by atoms with Gasteiger partial charge in [0.2, 0.25) is 5.88 Å². The van der Waals surface area contributed by atoms with Crippen molar-refractivity contribution in [3.05, 3.63) is 11.2 Å². The predicted octanol–water partition coefficient (Wildman–Crippen LogP) is 2.18. The van der Waals surface area contributed by atoms with Crippen LogP contribution in [0.2, 0.25) is 5.02 Å². The van der Waals surface area contributed by atoms with E-state index in [2.05, 4.69) is 9.97 Å². The molecule has 6 heteroatoms. The van der Waals surface area contributed by atoms with Crippen LogP contribution in [0.15, 0.2) is 6.20 Å². The van der Waals surface area contributed by atoms with Gasteiger partial charge in [0.05, 0.1) is 18.8 Å². The fraction of sp³-hybridized carbons (Fsp3) is 0.667. The molecule has 1 heterocycles. The summed E-state index contributed by atoms with van der Waals surface area (Å²) in [5.41, 5.74) is 6.02. The Morgan fingerprint density at radius 3 is 2.78 bits per heavy atom. The first-order valence-electron chi connectivity index (χ1n) is 6.11. The summed E-state index contributed by atoms with van der Waals surface area (Å²) in [6.45, 7) is 0.423. The second-order valence-corrected chi connectivity index (χ2v) is 5.13. The van der Waals surface area contributed by atoms with Crippen LogP contribution in [0, 0.1) is 0 Å². The van der Waals surface area contributed by atoms with Crippen molar-refractivity contribution < 1.29 is 9.47 Å². The number of hydrogen-bond acceptors (Lipinski definition) is 5. The fourth-order valence-corrected chi connectivity index (χ4v) is 2.29. The number of ether oxygens (including phenoxy) is 2. The van der Waals surface area contributed by atoms with Crippen LogP contribution in [-0.4, -0.2) is 29.2 Å². The van der Waals surface area contributed by atoms with E-state index in [4.69, 9.17) is 26.8 Å². The van der Waals surface area contributed by atoms with E-state index in [1.165, 1.54) is 19.7 Å². The lowest BCUT2D eigenvalue weighted by atomic mass is 9.83. The summed E-state index contributed by atoms with van der Waals surface area (Å²) in [7, 11) is 1.50. The van der Waals surface area contributed by atoms with E-state index in [0.29, 0.717) is 17.5 Å². The topological polar surface area (TPSA) is 70.3 Å². The molecule has 5 nitrogen and oxygen atoms in total. The molecule has 2 N–H and O–H groups in total. The molecule has 0 bridgehead atoms. The highest BCUT2D eigenvalue weighted by atomic mass is 35.5. The molecule has 18 heavy (non-hydrogen) atoms. The summed E-state index contributed by atoms with van der Waals surface area (Å²) in [5, 5.41) is 0.371. The van der Waals surface area contributed by atoms with E-state index in [1.54, 1.807) is 0 Å². The smallest absolute Gasteiger partial charge is 0.319 e. The molecule has 1 aliphatic rings. The second kappa shape index (κ2) is 5.71. The number of aromatic nitrogens is 2. The Labute approximate surface area is 112 Å². The number of nitrogens with two attached hydrogens (primary N) is 1. The van der Waals surface area contributed by atoms with Crippen molar-refractivity contribution in [1.29, 1.82) is 0 Å². The van der Waals surface area contributed by atoms with Crippen molar-refractivity contribution in [3.8, 4) is 11.9 Å². The van der Waals surface area contributed by atoms with Gasteiger partial charge in [-0.15, -0.1) is 0 Å². The van der Waals surface area contributed by atoms with Crippen LogP contribution in [0.1, 0.15) is 32.1 Å². The normalized spacial score (nSPS) is 18.4. The zero-order valence-corrected chi connectivity index (χ0v) is 11.2. The van der Waals surface area contributed by atoms with Crippen LogP contribution in [0.25, 0.3) is 0 Å². The minimum absolute atomic E-state index is 0.240. The van der Waals surface area contributed by atoms with E-state index >= 15 is 0 Å². The Morgan fingerprint density at radius 1 is 1.39 bits per heavy atom. The third-order valence-electron chi connectivity index (χ3n) is 3.22. The monoisotopic (exact) mass is 271 g/mol. The standard InChI is InChI=1S/C12H18ClN3O2/c1-17-11-15-7-9(13)10(16-11)18-8-12(14)5-3-2-4-6-12/h7H,2-6,8,14H2,1H3. The molecule has 0 atom stereocenters. The molecule has 0 radical (unpaired) electrons. The molecule has 0 amide bonds. The van der Waals surface area contributed by atoms with Gasteiger partial charge < -0.3 is 15.2 Å². The number of rotatable bonds is 4. The second-order valence-electron chi connectivity index (χ2n) is 4.72. The minimum atomic E-state index is -0.264. The van der Waals surface area contributed by atoms with Gasteiger partial charge in [-0.2, -0.15) is 4.98 Å². The predicted molar refractivity (Wildman–Crippen MR) is 69.1 cm³/mol. The zero-order valence-electron chi connectivity index (χ0n) is 10.5. The van der Waals surface area contributed by atoms with Crippen LogP contribution in [0.5, 0.6) is 11.9 Å². The highest BCUT2D eigenvalue weighted by Gasteiger charge is 2.28. The lowest BCUT2D eigenvalue weighted by molar-refractivity contribution is 0.167. The summed E-state index contributed by atoms with van der Waals surface area (Å²) in [6.07, 6.45) is 6.98. The number of hydrogen-bond donors (Lipinski definition) is 1. The molecule has 0 saturated heterocycles. The van der Waals surface area contributed by atoms with E-state index in [1.807, 2.05) is 0 Å². The molecule has 1 aromatic heterocycles. The Morgan fingerprint density at radius 2 is 2.11 bits per heavy atom. The average molecular weight is 272 g/mol. The Hall–Kier alpha value is -1.07. The molecule has 100 valence electrons. The van der Waals surface area contributed by atoms with Crippen molar-refractivity contribution in [1.82, 2.24) is 9.97 Å². The first kappa shape index (κ1) is 13.4.